The van der Waals surface area contributed by atoms with Crippen molar-refractivity contribution in [3.8, 4) is 0 Å². The number of aliphatic imine (C=N–C) groups is 1. The molecule has 0 aromatic heterocycles. The van der Waals surface area contributed by atoms with Crippen LogP contribution in [0.15, 0.2) is 41.4 Å². The highest BCUT2D eigenvalue weighted by atomic mass is 32.2. The highest BCUT2D eigenvalue weighted by molar-refractivity contribution is 8.15. The fourth-order valence-corrected chi connectivity index (χ4v) is 4.89. The number of hydrogen-bond acceptors (Lipinski definition) is 5. The number of nitrogens with zero attached hydrogens (tertiary/aromatic N) is 3. The number of amidine groups is 1. The molecule has 1 fully saturated rings. The number of hydrogen-bond donors (Lipinski definition) is 1. The fraction of sp³-hybridized carbons (Fsp3) is 0.348. The number of nitrogens with one attached hydrogen (secondary N) is 1. The summed E-state index contributed by atoms with van der Waals surface area (Å²) >= 11 is 1.39. The number of rotatable bonds is 4. The van der Waals surface area contributed by atoms with Gasteiger partial charge in [-0.3, -0.25) is 14.5 Å². The molecule has 2 aliphatic heterocycles. The van der Waals surface area contributed by atoms with Crippen molar-refractivity contribution in [1.29, 1.82) is 0 Å². The predicted octanol–water partition coefficient (Wildman–Crippen LogP) is 3.98. The van der Waals surface area contributed by atoms with Crippen molar-refractivity contribution in [2.24, 2.45) is 4.99 Å². The molecule has 4 rings (SSSR count). The molecular formula is C23H26N4O2S. The number of aryl methyl sites for hydroxylation is 4. The van der Waals surface area contributed by atoms with Gasteiger partial charge in [0.15, 0.2) is 5.17 Å². The van der Waals surface area contributed by atoms with E-state index in [1.807, 2.05) is 32.0 Å². The van der Waals surface area contributed by atoms with E-state index in [0.29, 0.717) is 18.5 Å². The van der Waals surface area contributed by atoms with Crippen LogP contribution in [0.3, 0.4) is 0 Å². The molecule has 7 heteroatoms. The molecule has 30 heavy (non-hydrogen) atoms. The number of amides is 2. The molecule has 2 aliphatic rings. The second-order valence-electron chi connectivity index (χ2n) is 7.98. The Bertz CT molecular complexity index is 1050. The molecular weight excluding hydrogens is 396 g/mol. The first-order valence-electron chi connectivity index (χ1n) is 10.0. The lowest BCUT2D eigenvalue weighted by molar-refractivity contribution is -0.128. The zero-order valence-corrected chi connectivity index (χ0v) is 18.5. The molecule has 156 valence electrons. The van der Waals surface area contributed by atoms with Crippen molar-refractivity contribution >= 4 is 40.1 Å². The van der Waals surface area contributed by atoms with Gasteiger partial charge in [-0.25, -0.2) is 4.99 Å². The molecule has 2 heterocycles. The van der Waals surface area contributed by atoms with E-state index in [-0.39, 0.29) is 18.2 Å². The van der Waals surface area contributed by atoms with E-state index < -0.39 is 5.25 Å². The molecule has 2 amide bonds. The van der Waals surface area contributed by atoms with E-state index in [0.717, 1.165) is 22.5 Å². The summed E-state index contributed by atoms with van der Waals surface area (Å²) in [5.41, 5.74) is 6.51. The molecule has 1 N–H and O–H groups in total. The van der Waals surface area contributed by atoms with E-state index in [1.165, 1.54) is 22.9 Å². The van der Waals surface area contributed by atoms with Gasteiger partial charge in [-0.2, -0.15) is 0 Å². The number of anilines is 2. The molecule has 0 saturated carbocycles. The van der Waals surface area contributed by atoms with E-state index in [2.05, 4.69) is 47.3 Å². The third kappa shape index (κ3) is 4.07. The minimum atomic E-state index is -0.436. The molecule has 0 unspecified atom stereocenters. The minimum Gasteiger partial charge on any atom is -0.333 e. The van der Waals surface area contributed by atoms with Crippen LogP contribution in [0.25, 0.3) is 0 Å². The normalized spacial score (nSPS) is 18.3. The van der Waals surface area contributed by atoms with Crippen LogP contribution in [-0.4, -0.2) is 40.5 Å². The van der Waals surface area contributed by atoms with Gasteiger partial charge in [0.2, 0.25) is 11.8 Å². The summed E-state index contributed by atoms with van der Waals surface area (Å²) in [5.74, 6) is -0.209. The van der Waals surface area contributed by atoms with Crippen molar-refractivity contribution in [3.63, 3.8) is 0 Å². The van der Waals surface area contributed by atoms with Crippen LogP contribution in [0.5, 0.6) is 0 Å². The van der Waals surface area contributed by atoms with Gasteiger partial charge in [0.25, 0.3) is 0 Å². The Morgan fingerprint density at radius 1 is 1.10 bits per heavy atom. The Hall–Kier alpha value is -2.80. The summed E-state index contributed by atoms with van der Waals surface area (Å²) in [5, 5.41) is 3.19. The van der Waals surface area contributed by atoms with Gasteiger partial charge in [-0.05, 0) is 62.6 Å². The highest BCUT2D eigenvalue weighted by Crippen LogP contribution is 2.33. The Balaban J connectivity index is 1.41. The second kappa shape index (κ2) is 8.14. The lowest BCUT2D eigenvalue weighted by Gasteiger charge is -2.33. The highest BCUT2D eigenvalue weighted by Gasteiger charge is 2.41. The largest absolute Gasteiger partial charge is 0.333 e. The summed E-state index contributed by atoms with van der Waals surface area (Å²) in [7, 11) is 0. The van der Waals surface area contributed by atoms with Crippen LogP contribution in [0.4, 0.5) is 11.4 Å². The van der Waals surface area contributed by atoms with E-state index in [4.69, 9.17) is 0 Å². The number of carbonyl (C=O) groups excluding carboxylic acids is 2. The zero-order valence-electron chi connectivity index (χ0n) is 17.7. The lowest BCUT2D eigenvalue weighted by Crippen LogP contribution is -2.46. The van der Waals surface area contributed by atoms with Gasteiger partial charge in [-0.15, -0.1) is 0 Å². The van der Waals surface area contributed by atoms with Crippen molar-refractivity contribution in [1.82, 2.24) is 4.90 Å². The standard InChI is InChI=1S/C23H26N4O2S/c1-14-5-8-19(17(4)9-14)26-12-24-23-27(13-26)22(29)20(30-23)11-21(28)25-18-7-6-15(2)16(3)10-18/h5-10,20H,11-13H2,1-4H3,(H,25,28)/t20-/m0/s1. The maximum Gasteiger partial charge on any atom is 0.244 e. The first-order chi connectivity index (χ1) is 14.3. The molecule has 2 aromatic carbocycles. The molecule has 0 aliphatic carbocycles. The zero-order chi connectivity index (χ0) is 21.4. The summed E-state index contributed by atoms with van der Waals surface area (Å²) in [6, 6.07) is 12.1. The van der Waals surface area contributed by atoms with Gasteiger partial charge >= 0.3 is 0 Å². The first kappa shape index (κ1) is 20.5. The number of fused-ring (bicyclic) bond motifs is 1. The molecule has 1 atom stereocenters. The predicted molar refractivity (Wildman–Crippen MR) is 123 cm³/mol. The van der Waals surface area contributed by atoms with Gasteiger partial charge in [-0.1, -0.05) is 35.5 Å². The minimum absolute atomic E-state index is 0.0524. The van der Waals surface area contributed by atoms with Crippen LogP contribution in [0.1, 0.15) is 28.7 Å². The smallest absolute Gasteiger partial charge is 0.244 e. The first-order valence-corrected chi connectivity index (χ1v) is 10.9. The third-order valence-corrected chi connectivity index (χ3v) is 6.78. The van der Waals surface area contributed by atoms with Crippen molar-refractivity contribution in [2.45, 2.75) is 39.4 Å². The maximum atomic E-state index is 13.0. The van der Waals surface area contributed by atoms with Gasteiger partial charge < -0.3 is 10.2 Å². The molecule has 1 saturated heterocycles. The second-order valence-corrected chi connectivity index (χ2v) is 9.15. The number of carbonyl (C=O) groups is 2. The third-order valence-electron chi connectivity index (χ3n) is 5.56. The van der Waals surface area contributed by atoms with Crippen molar-refractivity contribution < 1.29 is 9.59 Å². The Morgan fingerprint density at radius 2 is 1.90 bits per heavy atom. The Kier molecular flexibility index (Phi) is 5.56. The molecule has 0 radical (unpaired) electrons. The van der Waals surface area contributed by atoms with Crippen LogP contribution >= 0.6 is 11.8 Å². The molecule has 2 aromatic rings. The summed E-state index contributed by atoms with van der Waals surface area (Å²) in [6.45, 7) is 9.16. The van der Waals surface area contributed by atoms with Crippen molar-refractivity contribution in [2.75, 3.05) is 23.6 Å². The average molecular weight is 423 g/mol. The monoisotopic (exact) mass is 422 g/mol. The number of thioether (sulfide) groups is 1. The number of benzene rings is 2. The van der Waals surface area contributed by atoms with Gasteiger partial charge in [0, 0.05) is 17.8 Å². The molecule has 0 spiro atoms. The maximum absolute atomic E-state index is 13.0. The Labute approximate surface area is 181 Å². The Morgan fingerprint density at radius 3 is 2.63 bits per heavy atom. The van der Waals surface area contributed by atoms with Crippen LogP contribution in [0, 0.1) is 27.7 Å². The van der Waals surface area contributed by atoms with Crippen molar-refractivity contribution in [3.05, 3.63) is 58.7 Å². The molecule has 6 nitrogen and oxygen atoms in total. The summed E-state index contributed by atoms with van der Waals surface area (Å²) in [4.78, 5) is 33.9. The van der Waals surface area contributed by atoms with Gasteiger partial charge in [0.05, 0.1) is 0 Å². The quantitative estimate of drug-likeness (QED) is 0.809. The molecule has 0 bridgehead atoms. The van der Waals surface area contributed by atoms with E-state index in [1.54, 1.807) is 4.90 Å². The fourth-order valence-electron chi connectivity index (χ4n) is 3.76. The average Bonchev–Trinajstić information content (AvgIpc) is 3.00. The van der Waals surface area contributed by atoms with Crippen LogP contribution < -0.4 is 10.2 Å². The summed E-state index contributed by atoms with van der Waals surface area (Å²) < 4.78 is 0. The SMILES string of the molecule is Cc1ccc(N2CN=C3S[C@@H](CC(=O)Nc4ccc(C)c(C)c4)C(=O)N3C2)c(C)c1. The van der Waals surface area contributed by atoms with Crippen LogP contribution in [0.2, 0.25) is 0 Å². The topological polar surface area (TPSA) is 65.0 Å². The summed E-state index contributed by atoms with van der Waals surface area (Å²) in [6.07, 6.45) is 0.134. The van der Waals surface area contributed by atoms with E-state index >= 15 is 0 Å². The van der Waals surface area contributed by atoms with Gasteiger partial charge in [0.1, 0.15) is 18.6 Å². The van der Waals surface area contributed by atoms with Crippen LogP contribution in [-0.2, 0) is 9.59 Å². The van der Waals surface area contributed by atoms with E-state index in [9.17, 15) is 9.59 Å². The lowest BCUT2D eigenvalue weighted by atomic mass is 10.1.